The summed E-state index contributed by atoms with van der Waals surface area (Å²) >= 11 is 6.42. The summed E-state index contributed by atoms with van der Waals surface area (Å²) in [5.41, 5.74) is 0.441. The Morgan fingerprint density at radius 1 is 1.29 bits per heavy atom. The lowest BCUT2D eigenvalue weighted by atomic mass is 9.84. The van der Waals surface area contributed by atoms with Crippen LogP contribution in [0.3, 0.4) is 0 Å². The van der Waals surface area contributed by atoms with Gasteiger partial charge in [-0.05, 0) is 23.5 Å². The van der Waals surface area contributed by atoms with Crippen molar-refractivity contribution >= 4 is 34.2 Å². The molecule has 0 saturated heterocycles. The van der Waals surface area contributed by atoms with Crippen LogP contribution in [0.2, 0.25) is 0 Å². The summed E-state index contributed by atoms with van der Waals surface area (Å²) < 4.78 is 0. The molecule has 0 aromatic heterocycles. The van der Waals surface area contributed by atoms with Crippen LogP contribution in [-0.2, 0) is 0 Å². The topological polar surface area (TPSA) is 0 Å². The minimum absolute atomic E-state index is 0.441. The van der Waals surface area contributed by atoms with E-state index in [-0.39, 0.29) is 0 Å². The average molecular weight is 253 g/mol. The van der Waals surface area contributed by atoms with E-state index in [1.165, 1.54) is 12.8 Å². The van der Waals surface area contributed by atoms with Crippen molar-refractivity contribution in [1.29, 1.82) is 0 Å². The van der Waals surface area contributed by atoms with E-state index < -0.39 is 0 Å². The quantitative estimate of drug-likeness (QED) is 0.505. The first-order chi connectivity index (χ1) is 6.50. The highest BCUT2D eigenvalue weighted by molar-refractivity contribution is 8.68. The summed E-state index contributed by atoms with van der Waals surface area (Å²) in [7, 11) is 1.69. The molecule has 0 fully saturated rings. The van der Waals surface area contributed by atoms with E-state index in [1.807, 2.05) is 0 Å². The zero-order valence-electron chi connectivity index (χ0n) is 10.0. The van der Waals surface area contributed by atoms with Crippen LogP contribution in [0.1, 0.15) is 47.5 Å². The molecule has 0 radical (unpaired) electrons. The van der Waals surface area contributed by atoms with E-state index in [4.69, 9.17) is 0 Å². The second-order valence-corrected chi connectivity index (χ2v) is 7.47. The van der Waals surface area contributed by atoms with Crippen molar-refractivity contribution in [2.24, 2.45) is 5.41 Å². The first-order valence-electron chi connectivity index (χ1n) is 5.42. The first-order valence-corrected chi connectivity index (χ1v) is 8.40. The van der Waals surface area contributed by atoms with Gasteiger partial charge in [0.2, 0.25) is 0 Å². The minimum atomic E-state index is 0.441. The molecule has 3 heteroatoms. The minimum Gasteiger partial charge on any atom is -0.155 e. The normalized spacial score (nSPS) is 18.2. The lowest BCUT2D eigenvalue weighted by Gasteiger charge is -2.36. The summed E-state index contributed by atoms with van der Waals surface area (Å²) in [6.45, 7) is 11.6. The molecule has 0 amide bonds. The lowest BCUT2D eigenvalue weighted by molar-refractivity contribution is 0.340. The predicted octanol–water partition coefficient (Wildman–Crippen LogP) is 4.90. The van der Waals surface area contributed by atoms with Crippen LogP contribution < -0.4 is 0 Å². The van der Waals surface area contributed by atoms with Crippen molar-refractivity contribution in [2.45, 2.75) is 58.0 Å². The summed E-state index contributed by atoms with van der Waals surface area (Å²) in [6.07, 6.45) is 2.51. The molecule has 0 aliphatic heterocycles. The molecule has 2 unspecified atom stereocenters. The maximum atomic E-state index is 4.30. The molecule has 0 aromatic rings. The number of thioether (sulfide) groups is 1. The Morgan fingerprint density at radius 2 is 1.86 bits per heavy atom. The van der Waals surface area contributed by atoms with Gasteiger partial charge in [0, 0.05) is 11.0 Å². The first kappa shape index (κ1) is 15.0. The number of hydrogen-bond donors (Lipinski definition) is 1. The van der Waals surface area contributed by atoms with Crippen LogP contribution in [-0.4, -0.2) is 16.3 Å². The number of thiol groups is 1. The highest BCUT2D eigenvalue weighted by atomic mass is 33.1. The Kier molecular flexibility index (Phi) is 7.89. The lowest BCUT2D eigenvalue weighted by Crippen LogP contribution is -2.32. The molecule has 0 bridgehead atoms. The van der Waals surface area contributed by atoms with Crippen LogP contribution in [0, 0.1) is 5.41 Å². The zero-order chi connectivity index (χ0) is 11.2. The van der Waals surface area contributed by atoms with E-state index in [0.29, 0.717) is 5.41 Å². The fourth-order valence-electron chi connectivity index (χ4n) is 1.65. The van der Waals surface area contributed by atoms with Gasteiger partial charge in [0.25, 0.3) is 0 Å². The Labute approximate surface area is 103 Å². The van der Waals surface area contributed by atoms with Crippen molar-refractivity contribution in [3.05, 3.63) is 0 Å². The summed E-state index contributed by atoms with van der Waals surface area (Å²) in [6, 6.07) is 0. The Balaban J connectivity index is 4.41. The van der Waals surface area contributed by atoms with Gasteiger partial charge in [-0.25, -0.2) is 0 Å². The molecule has 86 valence electrons. The molecule has 14 heavy (non-hydrogen) atoms. The van der Waals surface area contributed by atoms with Crippen molar-refractivity contribution in [1.82, 2.24) is 0 Å². The van der Waals surface area contributed by atoms with Crippen molar-refractivity contribution in [2.75, 3.05) is 5.75 Å². The van der Waals surface area contributed by atoms with Crippen LogP contribution in [0.15, 0.2) is 0 Å². The highest BCUT2D eigenvalue weighted by Gasteiger charge is 2.31. The highest BCUT2D eigenvalue weighted by Crippen LogP contribution is 2.41. The molecular weight excluding hydrogens is 228 g/mol. The van der Waals surface area contributed by atoms with E-state index in [0.717, 1.165) is 16.3 Å². The molecule has 0 heterocycles. The van der Waals surface area contributed by atoms with Crippen LogP contribution in [0.4, 0.5) is 0 Å². The molecule has 0 aromatic carbocycles. The average Bonchev–Trinajstić information content (AvgIpc) is 2.14. The van der Waals surface area contributed by atoms with Crippen LogP contribution >= 0.6 is 34.2 Å². The van der Waals surface area contributed by atoms with Gasteiger partial charge in [-0.2, -0.15) is 11.8 Å². The van der Waals surface area contributed by atoms with Crippen LogP contribution in [0.5, 0.6) is 0 Å². The molecule has 0 rings (SSSR count). The molecule has 0 nitrogen and oxygen atoms in total. The second-order valence-electron chi connectivity index (χ2n) is 4.36. The van der Waals surface area contributed by atoms with Crippen molar-refractivity contribution in [3.63, 3.8) is 0 Å². The van der Waals surface area contributed by atoms with Gasteiger partial charge in [0.15, 0.2) is 0 Å². The summed E-state index contributed by atoms with van der Waals surface area (Å²) in [4.78, 5) is 0. The third-order valence-corrected chi connectivity index (χ3v) is 5.74. The maximum absolute atomic E-state index is 4.30. The molecule has 0 aliphatic rings. The Bertz CT molecular complexity index is 147. The van der Waals surface area contributed by atoms with Crippen LogP contribution in [0.25, 0.3) is 0 Å². The zero-order valence-corrected chi connectivity index (χ0v) is 12.6. The van der Waals surface area contributed by atoms with Gasteiger partial charge in [-0.3, -0.25) is 0 Å². The van der Waals surface area contributed by atoms with Crippen molar-refractivity contribution in [3.8, 4) is 0 Å². The molecule has 2 atom stereocenters. The second kappa shape index (κ2) is 7.34. The molecule has 0 aliphatic carbocycles. The van der Waals surface area contributed by atoms with Gasteiger partial charge >= 0.3 is 0 Å². The molecule has 0 saturated carbocycles. The number of rotatable bonds is 7. The van der Waals surface area contributed by atoms with Gasteiger partial charge in [-0.1, -0.05) is 45.4 Å². The van der Waals surface area contributed by atoms with Gasteiger partial charge in [-0.15, -0.1) is 11.7 Å². The van der Waals surface area contributed by atoms with E-state index in [1.54, 1.807) is 10.8 Å². The maximum Gasteiger partial charge on any atom is 0.0109 e. The molecule has 0 N–H and O–H groups in total. The smallest absolute Gasteiger partial charge is 0.0109 e. The monoisotopic (exact) mass is 252 g/mol. The predicted molar refractivity (Wildman–Crippen MR) is 76.6 cm³/mol. The summed E-state index contributed by atoms with van der Waals surface area (Å²) in [5, 5.41) is 1.50. The van der Waals surface area contributed by atoms with E-state index in [9.17, 15) is 0 Å². The van der Waals surface area contributed by atoms with Gasteiger partial charge in [0.1, 0.15) is 0 Å². The van der Waals surface area contributed by atoms with Crippen molar-refractivity contribution < 1.29 is 0 Å². The number of hydrogen-bond acceptors (Lipinski definition) is 3. The third kappa shape index (κ3) is 4.71. The third-order valence-electron chi connectivity index (χ3n) is 2.79. The van der Waals surface area contributed by atoms with E-state index in [2.05, 4.69) is 58.0 Å². The standard InChI is InChI=1S/C11H24S3/c1-6-10(14-9(3)4)11(5,7-2)8-13-12/h9-10,12H,6-8H2,1-5H3. The fourth-order valence-corrected chi connectivity index (χ4v) is 4.77. The summed E-state index contributed by atoms with van der Waals surface area (Å²) in [5.74, 6) is 1.16. The molecule has 0 spiro atoms. The van der Waals surface area contributed by atoms with Gasteiger partial charge in [0.05, 0.1) is 0 Å². The molecular formula is C11H24S3. The van der Waals surface area contributed by atoms with E-state index >= 15 is 0 Å². The Morgan fingerprint density at radius 3 is 2.14 bits per heavy atom. The Hall–Kier alpha value is 1.05. The fraction of sp³-hybridized carbons (Fsp3) is 1.00. The SMILES string of the molecule is CCC(SC(C)C)C(C)(CC)CSS. The largest absolute Gasteiger partial charge is 0.155 e. The van der Waals surface area contributed by atoms with Gasteiger partial charge < -0.3 is 0 Å².